The molecule has 3 heterocycles. The highest BCUT2D eigenvalue weighted by atomic mass is 16.4. The van der Waals surface area contributed by atoms with Gasteiger partial charge in [-0.3, -0.25) is 4.40 Å². The normalized spacial score (nSPS) is 16.1. The van der Waals surface area contributed by atoms with E-state index in [9.17, 15) is 9.90 Å². The Balaban J connectivity index is 2.05. The molecule has 21 heavy (non-hydrogen) atoms. The lowest BCUT2D eigenvalue weighted by atomic mass is 10.2. The molecule has 1 N–H and O–H groups in total. The molecule has 0 aliphatic carbocycles. The summed E-state index contributed by atoms with van der Waals surface area (Å²) in [6, 6.07) is 3.98. The van der Waals surface area contributed by atoms with Crippen LogP contribution in [0.25, 0.3) is 5.65 Å². The van der Waals surface area contributed by atoms with Crippen molar-refractivity contribution in [3.05, 3.63) is 29.7 Å². The van der Waals surface area contributed by atoms with Crippen LogP contribution in [0.4, 0.5) is 5.69 Å². The highest BCUT2D eigenvalue weighted by Crippen LogP contribution is 2.22. The first-order valence-electron chi connectivity index (χ1n) is 7.70. The lowest BCUT2D eigenvalue weighted by Gasteiger charge is -2.22. The molecule has 0 bridgehead atoms. The maximum atomic E-state index is 11.5. The number of rotatable bonds is 3. The monoisotopic (exact) mass is 287 g/mol. The first-order valence-corrected chi connectivity index (χ1v) is 7.70. The number of nitrogens with zero attached hydrogens (tertiary/aromatic N) is 3. The minimum Gasteiger partial charge on any atom is -0.477 e. The summed E-state index contributed by atoms with van der Waals surface area (Å²) in [7, 11) is 0. The number of aromatic carboxylic acids is 1. The van der Waals surface area contributed by atoms with Crippen molar-refractivity contribution < 1.29 is 9.90 Å². The molecule has 112 valence electrons. The molecule has 1 aliphatic heterocycles. The average molecular weight is 287 g/mol. The number of pyridine rings is 1. The van der Waals surface area contributed by atoms with Gasteiger partial charge in [-0.05, 0) is 31.4 Å². The van der Waals surface area contributed by atoms with Gasteiger partial charge in [0.1, 0.15) is 5.65 Å². The summed E-state index contributed by atoms with van der Waals surface area (Å²) in [5.74, 6) is -0.910. The van der Waals surface area contributed by atoms with Crippen LogP contribution in [-0.2, 0) is 6.42 Å². The first-order chi connectivity index (χ1) is 10.2. The zero-order valence-electron chi connectivity index (χ0n) is 12.4. The van der Waals surface area contributed by atoms with E-state index in [1.165, 1.54) is 25.7 Å². The Kier molecular flexibility index (Phi) is 3.82. The Morgan fingerprint density at radius 2 is 1.95 bits per heavy atom. The molecule has 2 aromatic heterocycles. The largest absolute Gasteiger partial charge is 0.477 e. The molecule has 5 heteroatoms. The molecule has 0 amide bonds. The number of carboxylic acid groups (broad SMARTS) is 1. The van der Waals surface area contributed by atoms with E-state index in [2.05, 4.69) is 16.0 Å². The van der Waals surface area contributed by atoms with Crippen LogP contribution in [0.2, 0.25) is 0 Å². The van der Waals surface area contributed by atoms with Crippen LogP contribution >= 0.6 is 0 Å². The second kappa shape index (κ2) is 5.76. The van der Waals surface area contributed by atoms with Crippen molar-refractivity contribution >= 4 is 17.3 Å². The maximum absolute atomic E-state index is 11.5. The minimum atomic E-state index is -0.910. The summed E-state index contributed by atoms with van der Waals surface area (Å²) in [5.41, 5.74) is 2.74. The molecule has 1 aliphatic rings. The van der Waals surface area contributed by atoms with Crippen LogP contribution in [0.1, 0.15) is 48.8 Å². The molecule has 0 saturated carbocycles. The fourth-order valence-electron chi connectivity index (χ4n) is 3.07. The molecular formula is C16H21N3O2. The highest BCUT2D eigenvalue weighted by molar-refractivity contribution is 5.88. The molecule has 1 saturated heterocycles. The SMILES string of the molecule is CCc1nc2ccc(N3CCCCCC3)cn2c1C(=O)O. The number of anilines is 1. The molecule has 0 atom stereocenters. The van der Waals surface area contributed by atoms with E-state index in [-0.39, 0.29) is 0 Å². The van der Waals surface area contributed by atoms with Gasteiger partial charge in [0.15, 0.2) is 5.69 Å². The maximum Gasteiger partial charge on any atom is 0.354 e. The van der Waals surface area contributed by atoms with Crippen LogP contribution in [0.15, 0.2) is 18.3 Å². The molecule has 3 rings (SSSR count). The summed E-state index contributed by atoms with van der Waals surface area (Å²) in [6.45, 7) is 4.02. The number of aromatic nitrogens is 2. The van der Waals surface area contributed by atoms with Gasteiger partial charge in [-0.2, -0.15) is 0 Å². The van der Waals surface area contributed by atoms with Gasteiger partial charge in [0, 0.05) is 19.3 Å². The van der Waals surface area contributed by atoms with E-state index >= 15 is 0 Å². The topological polar surface area (TPSA) is 57.8 Å². The van der Waals surface area contributed by atoms with Crippen LogP contribution in [0.5, 0.6) is 0 Å². The fourth-order valence-corrected chi connectivity index (χ4v) is 3.07. The molecule has 0 spiro atoms. The quantitative estimate of drug-likeness (QED) is 0.943. The molecule has 2 aromatic rings. The van der Waals surface area contributed by atoms with Gasteiger partial charge >= 0.3 is 5.97 Å². The second-order valence-electron chi connectivity index (χ2n) is 5.58. The number of carbonyl (C=O) groups is 1. The molecule has 1 fully saturated rings. The summed E-state index contributed by atoms with van der Waals surface area (Å²) in [6.07, 6.45) is 7.52. The van der Waals surface area contributed by atoms with Gasteiger partial charge in [-0.15, -0.1) is 0 Å². The van der Waals surface area contributed by atoms with Gasteiger partial charge in [0.25, 0.3) is 0 Å². The Morgan fingerprint density at radius 3 is 2.57 bits per heavy atom. The summed E-state index contributed by atoms with van der Waals surface area (Å²) >= 11 is 0. The first kappa shape index (κ1) is 13.9. The van der Waals surface area contributed by atoms with E-state index in [0.29, 0.717) is 23.5 Å². The number of carboxylic acids is 1. The Labute approximate surface area is 124 Å². The Morgan fingerprint density at radius 1 is 1.24 bits per heavy atom. The predicted octanol–water partition coefficient (Wildman–Crippen LogP) is 2.98. The average Bonchev–Trinajstić information content (AvgIpc) is 2.65. The standard InChI is InChI=1S/C16H21N3O2/c1-2-13-15(16(20)21)19-11-12(7-8-14(19)17-13)18-9-5-3-4-6-10-18/h7-8,11H,2-6,9-10H2,1H3,(H,20,21). The number of hydrogen-bond donors (Lipinski definition) is 1. The lowest BCUT2D eigenvalue weighted by Crippen LogP contribution is -2.24. The molecule has 0 radical (unpaired) electrons. The molecule has 5 nitrogen and oxygen atoms in total. The number of fused-ring (bicyclic) bond motifs is 1. The van der Waals surface area contributed by atoms with E-state index < -0.39 is 5.97 Å². The van der Waals surface area contributed by atoms with Crippen molar-refractivity contribution in [2.24, 2.45) is 0 Å². The third kappa shape index (κ3) is 2.60. The van der Waals surface area contributed by atoms with Gasteiger partial charge in [-0.1, -0.05) is 19.8 Å². The summed E-state index contributed by atoms with van der Waals surface area (Å²) < 4.78 is 1.72. The molecule has 0 unspecified atom stereocenters. The van der Waals surface area contributed by atoms with Gasteiger partial charge < -0.3 is 10.0 Å². The number of aryl methyl sites for hydroxylation is 1. The second-order valence-corrected chi connectivity index (χ2v) is 5.58. The van der Waals surface area contributed by atoms with Crippen LogP contribution < -0.4 is 4.90 Å². The van der Waals surface area contributed by atoms with Crippen molar-refractivity contribution in [2.45, 2.75) is 39.0 Å². The van der Waals surface area contributed by atoms with Crippen molar-refractivity contribution in [3.63, 3.8) is 0 Å². The van der Waals surface area contributed by atoms with Crippen molar-refractivity contribution in [1.82, 2.24) is 9.38 Å². The molecule has 0 aromatic carbocycles. The molecular weight excluding hydrogens is 266 g/mol. The van der Waals surface area contributed by atoms with Gasteiger partial charge in [-0.25, -0.2) is 9.78 Å². The summed E-state index contributed by atoms with van der Waals surface area (Å²) in [5, 5.41) is 9.46. The van der Waals surface area contributed by atoms with Crippen molar-refractivity contribution in [3.8, 4) is 0 Å². The van der Waals surface area contributed by atoms with Gasteiger partial charge in [0.05, 0.1) is 11.4 Å². The van der Waals surface area contributed by atoms with Crippen molar-refractivity contribution in [1.29, 1.82) is 0 Å². The smallest absolute Gasteiger partial charge is 0.354 e. The summed E-state index contributed by atoms with van der Waals surface area (Å²) in [4.78, 5) is 18.3. The Bertz CT molecular complexity index is 655. The van der Waals surface area contributed by atoms with Crippen molar-refractivity contribution in [2.75, 3.05) is 18.0 Å². The highest BCUT2D eigenvalue weighted by Gasteiger charge is 2.18. The van der Waals surface area contributed by atoms with E-state index in [1.807, 2.05) is 19.2 Å². The fraction of sp³-hybridized carbons (Fsp3) is 0.500. The van der Waals surface area contributed by atoms with Crippen LogP contribution in [0.3, 0.4) is 0 Å². The van der Waals surface area contributed by atoms with Crippen LogP contribution in [-0.4, -0.2) is 33.6 Å². The predicted molar refractivity (Wildman–Crippen MR) is 82.2 cm³/mol. The zero-order chi connectivity index (χ0) is 14.8. The minimum absolute atomic E-state index is 0.296. The van der Waals surface area contributed by atoms with Gasteiger partial charge in [0.2, 0.25) is 0 Å². The number of hydrogen-bond acceptors (Lipinski definition) is 3. The van der Waals surface area contributed by atoms with E-state index in [1.54, 1.807) is 4.40 Å². The zero-order valence-corrected chi connectivity index (χ0v) is 12.4. The third-order valence-electron chi connectivity index (χ3n) is 4.18. The van der Waals surface area contributed by atoms with E-state index in [4.69, 9.17) is 0 Å². The van der Waals surface area contributed by atoms with Crippen LogP contribution in [0, 0.1) is 0 Å². The Hall–Kier alpha value is -2.04. The third-order valence-corrected chi connectivity index (χ3v) is 4.18. The lowest BCUT2D eigenvalue weighted by molar-refractivity contribution is 0.0688. The number of imidazole rings is 1. The van der Waals surface area contributed by atoms with E-state index in [0.717, 1.165) is 18.8 Å².